The van der Waals surface area contributed by atoms with Crippen molar-refractivity contribution >= 4 is 5.97 Å². The fourth-order valence-electron chi connectivity index (χ4n) is 0.377. The van der Waals surface area contributed by atoms with E-state index in [4.69, 9.17) is 5.11 Å². The van der Waals surface area contributed by atoms with Gasteiger partial charge in [-0.25, -0.2) is 4.79 Å². The van der Waals surface area contributed by atoms with Crippen molar-refractivity contribution in [3.63, 3.8) is 0 Å². The van der Waals surface area contributed by atoms with Gasteiger partial charge in [0.2, 0.25) is 0 Å². The van der Waals surface area contributed by atoms with Crippen molar-refractivity contribution in [3.05, 3.63) is 36.5 Å². The first kappa shape index (κ1) is 8.69. The van der Waals surface area contributed by atoms with E-state index >= 15 is 0 Å². The summed E-state index contributed by atoms with van der Waals surface area (Å²) in [7, 11) is 0. The van der Waals surface area contributed by atoms with E-state index in [-0.39, 0.29) is 0 Å². The van der Waals surface area contributed by atoms with Crippen LogP contribution >= 0.6 is 0 Å². The van der Waals surface area contributed by atoms with Crippen LogP contribution in [0.25, 0.3) is 0 Å². The number of hydrogen-bond acceptors (Lipinski definition) is 1. The summed E-state index contributed by atoms with van der Waals surface area (Å²) in [5.41, 5.74) is 0. The van der Waals surface area contributed by atoms with Gasteiger partial charge in [0.1, 0.15) is 0 Å². The molecular formula is C8H10O2. The third kappa shape index (κ3) is 6.69. The van der Waals surface area contributed by atoms with Crippen LogP contribution in [0.1, 0.15) is 6.92 Å². The molecule has 0 spiro atoms. The van der Waals surface area contributed by atoms with Crippen LogP contribution in [0.4, 0.5) is 0 Å². The van der Waals surface area contributed by atoms with Gasteiger partial charge in [0, 0.05) is 6.08 Å². The molecule has 0 saturated carbocycles. The number of carboxylic acids is 1. The summed E-state index contributed by atoms with van der Waals surface area (Å²) in [6.07, 6.45) is 9.67. The Labute approximate surface area is 60.2 Å². The maximum Gasteiger partial charge on any atom is 0.328 e. The maximum atomic E-state index is 9.89. The minimum atomic E-state index is -0.926. The lowest BCUT2D eigenvalue weighted by Gasteiger charge is -1.73. The number of rotatable bonds is 3. The highest BCUT2D eigenvalue weighted by atomic mass is 16.4. The van der Waals surface area contributed by atoms with Crippen molar-refractivity contribution in [2.75, 3.05) is 0 Å². The van der Waals surface area contributed by atoms with Gasteiger partial charge < -0.3 is 5.11 Å². The zero-order chi connectivity index (χ0) is 7.82. The number of hydrogen-bond donors (Lipinski definition) is 1. The van der Waals surface area contributed by atoms with Crippen molar-refractivity contribution in [2.24, 2.45) is 0 Å². The lowest BCUT2D eigenvalue weighted by molar-refractivity contribution is -0.131. The number of allylic oxidation sites excluding steroid dienone is 5. The van der Waals surface area contributed by atoms with E-state index in [1.54, 1.807) is 12.2 Å². The van der Waals surface area contributed by atoms with E-state index in [1.165, 1.54) is 6.08 Å². The third-order valence-corrected chi connectivity index (χ3v) is 0.765. The Morgan fingerprint density at radius 2 is 1.80 bits per heavy atom. The molecule has 0 bridgehead atoms. The van der Waals surface area contributed by atoms with Gasteiger partial charge in [-0.1, -0.05) is 30.4 Å². The standard InChI is InChI=1S/C8H10O2/c1-2-3-4-5-6-7-8(9)10/h2-7H,1H3,(H,9,10)/b3-2?,5-4+,7-6+. The molecular weight excluding hydrogens is 128 g/mol. The molecule has 0 aromatic rings. The molecule has 0 amide bonds. The van der Waals surface area contributed by atoms with Crippen LogP contribution in [0, 0.1) is 0 Å². The van der Waals surface area contributed by atoms with Crippen LogP contribution in [0.2, 0.25) is 0 Å². The lowest BCUT2D eigenvalue weighted by atomic mass is 10.4. The number of carboxylic acid groups (broad SMARTS) is 1. The zero-order valence-electron chi connectivity index (χ0n) is 5.82. The summed E-state index contributed by atoms with van der Waals surface area (Å²) in [6, 6.07) is 0. The lowest BCUT2D eigenvalue weighted by Crippen LogP contribution is -1.84. The van der Waals surface area contributed by atoms with Gasteiger partial charge in [0.05, 0.1) is 0 Å². The predicted molar refractivity (Wildman–Crippen MR) is 40.7 cm³/mol. The fraction of sp³-hybridized carbons (Fsp3) is 0.125. The molecule has 0 unspecified atom stereocenters. The molecule has 10 heavy (non-hydrogen) atoms. The summed E-state index contributed by atoms with van der Waals surface area (Å²) in [6.45, 7) is 1.89. The largest absolute Gasteiger partial charge is 0.478 e. The molecule has 0 saturated heterocycles. The second-order valence-corrected chi connectivity index (χ2v) is 1.61. The highest BCUT2D eigenvalue weighted by Gasteiger charge is 1.78. The second kappa shape index (κ2) is 5.82. The zero-order valence-corrected chi connectivity index (χ0v) is 5.82. The fourth-order valence-corrected chi connectivity index (χ4v) is 0.377. The molecule has 0 radical (unpaired) electrons. The van der Waals surface area contributed by atoms with Crippen LogP contribution < -0.4 is 0 Å². The Bertz CT molecular complexity index is 176. The van der Waals surface area contributed by atoms with Gasteiger partial charge in [-0.05, 0) is 6.92 Å². The van der Waals surface area contributed by atoms with E-state index in [9.17, 15) is 4.79 Å². The maximum absolute atomic E-state index is 9.89. The summed E-state index contributed by atoms with van der Waals surface area (Å²) in [5, 5.41) is 8.13. The van der Waals surface area contributed by atoms with E-state index in [0.717, 1.165) is 6.08 Å². The first-order valence-electron chi connectivity index (χ1n) is 2.96. The molecule has 1 N–H and O–H groups in total. The molecule has 0 aromatic heterocycles. The normalized spacial score (nSPS) is 12.1. The molecule has 54 valence electrons. The summed E-state index contributed by atoms with van der Waals surface area (Å²) in [5.74, 6) is -0.926. The average Bonchev–Trinajstić information content (AvgIpc) is 1.87. The summed E-state index contributed by atoms with van der Waals surface area (Å²) in [4.78, 5) is 9.89. The monoisotopic (exact) mass is 138 g/mol. The van der Waals surface area contributed by atoms with Gasteiger partial charge in [-0.2, -0.15) is 0 Å². The Balaban J connectivity index is 3.62. The van der Waals surface area contributed by atoms with Crippen LogP contribution in [0.5, 0.6) is 0 Å². The average molecular weight is 138 g/mol. The molecule has 2 nitrogen and oxygen atoms in total. The highest BCUT2D eigenvalue weighted by Crippen LogP contribution is 1.79. The molecule has 2 heteroatoms. The molecule has 0 fully saturated rings. The van der Waals surface area contributed by atoms with E-state index in [1.807, 2.05) is 19.1 Å². The summed E-state index contributed by atoms with van der Waals surface area (Å²) >= 11 is 0. The molecule has 0 atom stereocenters. The van der Waals surface area contributed by atoms with Crippen molar-refractivity contribution < 1.29 is 9.90 Å². The third-order valence-electron chi connectivity index (χ3n) is 0.765. The Kier molecular flexibility index (Phi) is 5.06. The molecule has 0 rings (SSSR count). The van der Waals surface area contributed by atoms with Crippen LogP contribution in [0.3, 0.4) is 0 Å². The van der Waals surface area contributed by atoms with E-state index in [0.29, 0.717) is 0 Å². The second-order valence-electron chi connectivity index (χ2n) is 1.61. The first-order valence-corrected chi connectivity index (χ1v) is 2.96. The van der Waals surface area contributed by atoms with Gasteiger partial charge >= 0.3 is 5.97 Å². The molecule has 0 aliphatic carbocycles. The molecule has 0 aromatic carbocycles. The van der Waals surface area contributed by atoms with Gasteiger partial charge in [-0.15, -0.1) is 0 Å². The van der Waals surface area contributed by atoms with Crippen LogP contribution in [0.15, 0.2) is 36.5 Å². The quantitative estimate of drug-likeness (QED) is 0.476. The SMILES string of the molecule is CC=C/C=C/C=C/C(=O)O. The topological polar surface area (TPSA) is 37.3 Å². The molecule has 0 aliphatic heterocycles. The van der Waals surface area contributed by atoms with Crippen molar-refractivity contribution in [3.8, 4) is 0 Å². The molecule has 0 heterocycles. The minimum Gasteiger partial charge on any atom is -0.478 e. The number of aliphatic carboxylic acids is 1. The first-order chi connectivity index (χ1) is 4.77. The highest BCUT2D eigenvalue weighted by molar-refractivity contribution is 5.80. The number of carbonyl (C=O) groups is 1. The molecule has 0 aliphatic rings. The van der Waals surface area contributed by atoms with Crippen molar-refractivity contribution in [1.29, 1.82) is 0 Å². The Morgan fingerprint density at radius 3 is 2.30 bits per heavy atom. The van der Waals surface area contributed by atoms with Crippen LogP contribution in [-0.2, 0) is 4.79 Å². The van der Waals surface area contributed by atoms with Crippen molar-refractivity contribution in [2.45, 2.75) is 6.92 Å². The van der Waals surface area contributed by atoms with Gasteiger partial charge in [0.25, 0.3) is 0 Å². The smallest absolute Gasteiger partial charge is 0.328 e. The van der Waals surface area contributed by atoms with Crippen molar-refractivity contribution in [1.82, 2.24) is 0 Å². The summed E-state index contributed by atoms with van der Waals surface area (Å²) < 4.78 is 0. The predicted octanol–water partition coefficient (Wildman–Crippen LogP) is 1.76. The van der Waals surface area contributed by atoms with Gasteiger partial charge in [0.15, 0.2) is 0 Å². The van der Waals surface area contributed by atoms with Crippen LogP contribution in [-0.4, -0.2) is 11.1 Å². The Hall–Kier alpha value is -1.31. The van der Waals surface area contributed by atoms with E-state index in [2.05, 4.69) is 0 Å². The van der Waals surface area contributed by atoms with E-state index < -0.39 is 5.97 Å². The van der Waals surface area contributed by atoms with Gasteiger partial charge in [-0.3, -0.25) is 0 Å². The minimum absolute atomic E-state index is 0.926. The Morgan fingerprint density at radius 1 is 1.20 bits per heavy atom.